The number of nitrogens with one attached hydrogen (secondary N) is 3. The average molecular weight is 781 g/mol. The first-order valence-electron chi connectivity index (χ1n) is 17.3. The van der Waals surface area contributed by atoms with Crippen molar-refractivity contribution in [3.05, 3.63) is 114 Å². The van der Waals surface area contributed by atoms with Crippen LogP contribution in [0.4, 0.5) is 5.82 Å². The summed E-state index contributed by atoms with van der Waals surface area (Å²) in [7, 11) is -4.46. The average Bonchev–Trinajstić information content (AvgIpc) is 3.67. The predicted molar refractivity (Wildman–Crippen MR) is 204 cm³/mol. The molecule has 2 amide bonds. The highest BCUT2D eigenvalue weighted by Gasteiger charge is 2.23. The van der Waals surface area contributed by atoms with Crippen molar-refractivity contribution in [2.75, 3.05) is 18.8 Å². The fourth-order valence-corrected chi connectivity index (χ4v) is 6.18. The monoisotopic (exact) mass is 780 g/mol. The minimum absolute atomic E-state index is 0.00329. The number of fused-ring (bicyclic) bond motifs is 1. The van der Waals surface area contributed by atoms with Crippen LogP contribution in [0.3, 0.4) is 0 Å². The third kappa shape index (κ3) is 10.4. The lowest BCUT2D eigenvalue weighted by Crippen LogP contribution is -2.52. The number of aromatic nitrogens is 2. The van der Waals surface area contributed by atoms with Gasteiger partial charge in [0.25, 0.3) is 16.0 Å². The topological polar surface area (TPSA) is 228 Å². The lowest BCUT2D eigenvalue weighted by molar-refractivity contribution is -0.142. The number of hydrogen-bond acceptors (Lipinski definition) is 12. The normalized spacial score (nSPS) is 12.5. The van der Waals surface area contributed by atoms with Crippen molar-refractivity contribution >= 4 is 39.9 Å². The van der Waals surface area contributed by atoms with Crippen LogP contribution in [-0.4, -0.2) is 71.6 Å². The molecule has 1 aliphatic rings. The third-order valence-corrected chi connectivity index (χ3v) is 9.24. The van der Waals surface area contributed by atoms with Crippen LogP contribution in [0, 0.1) is 0 Å². The second kappa shape index (κ2) is 18.0. The van der Waals surface area contributed by atoms with Crippen LogP contribution in [-0.2, 0) is 19.7 Å². The van der Waals surface area contributed by atoms with Crippen LogP contribution < -0.4 is 30.3 Å². The molecule has 0 fully saturated rings. The summed E-state index contributed by atoms with van der Waals surface area (Å²) in [5.74, 6) is -0.857. The molecule has 0 spiro atoms. The van der Waals surface area contributed by atoms with E-state index >= 15 is 0 Å². The van der Waals surface area contributed by atoms with Gasteiger partial charge in [-0.2, -0.15) is 13.5 Å². The number of rotatable bonds is 17. The number of ether oxygens (including phenoxy) is 3. The molecule has 56 heavy (non-hydrogen) atoms. The molecule has 2 aromatic heterocycles. The Morgan fingerprint density at radius 1 is 0.857 bits per heavy atom. The van der Waals surface area contributed by atoms with Crippen LogP contribution in [0.2, 0.25) is 0 Å². The van der Waals surface area contributed by atoms with Crippen LogP contribution in [0.1, 0.15) is 41.6 Å². The van der Waals surface area contributed by atoms with Gasteiger partial charge in [-0.25, -0.2) is 14.8 Å². The van der Waals surface area contributed by atoms with Crippen molar-refractivity contribution in [1.82, 2.24) is 20.6 Å². The molecule has 17 heteroatoms. The van der Waals surface area contributed by atoms with Gasteiger partial charge >= 0.3 is 5.97 Å². The van der Waals surface area contributed by atoms with Gasteiger partial charge in [-0.1, -0.05) is 54.6 Å². The van der Waals surface area contributed by atoms with E-state index in [1.807, 2.05) is 60.7 Å². The zero-order valence-corrected chi connectivity index (χ0v) is 30.4. The third-order valence-electron chi connectivity index (χ3n) is 8.31. The highest BCUT2D eigenvalue weighted by atomic mass is 32.2. The Hall–Kier alpha value is -6.85. The highest BCUT2D eigenvalue weighted by molar-refractivity contribution is 7.86. The van der Waals surface area contributed by atoms with Crippen molar-refractivity contribution in [3.63, 3.8) is 0 Å². The van der Waals surface area contributed by atoms with Gasteiger partial charge in [-0.3, -0.25) is 19.6 Å². The van der Waals surface area contributed by atoms with Gasteiger partial charge in [0.15, 0.2) is 11.5 Å². The van der Waals surface area contributed by atoms with Crippen molar-refractivity contribution in [2.24, 2.45) is 5.10 Å². The Balaban J connectivity index is 0.956. The lowest BCUT2D eigenvalue weighted by atomic mass is 10.0. The quantitative estimate of drug-likeness (QED) is 0.0272. The molecule has 0 bridgehead atoms. The van der Waals surface area contributed by atoms with E-state index in [0.29, 0.717) is 43.2 Å². The van der Waals surface area contributed by atoms with Gasteiger partial charge in [0, 0.05) is 29.8 Å². The first-order chi connectivity index (χ1) is 27.0. The molecule has 1 unspecified atom stereocenters. The van der Waals surface area contributed by atoms with Gasteiger partial charge in [-0.05, 0) is 66.8 Å². The number of hydrazone groups is 1. The molecule has 288 valence electrons. The smallest absolute Gasteiger partial charge is 0.347 e. The van der Waals surface area contributed by atoms with E-state index in [1.54, 1.807) is 6.07 Å². The molecule has 0 saturated heterocycles. The van der Waals surface area contributed by atoms with E-state index in [4.69, 9.17) is 19.2 Å². The fourth-order valence-electron chi connectivity index (χ4n) is 5.51. The molecule has 3 aromatic carbocycles. The summed E-state index contributed by atoms with van der Waals surface area (Å²) in [4.78, 5) is 45.6. The van der Waals surface area contributed by atoms with Gasteiger partial charge in [0.2, 0.25) is 24.7 Å². The largest absolute Gasteiger partial charge is 0.478 e. The van der Waals surface area contributed by atoms with Crippen LogP contribution in [0.5, 0.6) is 17.4 Å². The zero-order valence-electron chi connectivity index (χ0n) is 29.6. The van der Waals surface area contributed by atoms with E-state index in [-0.39, 0.29) is 35.1 Å². The zero-order chi connectivity index (χ0) is 39.5. The summed E-state index contributed by atoms with van der Waals surface area (Å²) < 4.78 is 49.5. The second-order valence-electron chi connectivity index (χ2n) is 12.3. The number of carboxylic acid groups (broad SMARTS) is 1. The maximum Gasteiger partial charge on any atom is 0.347 e. The van der Waals surface area contributed by atoms with E-state index < -0.39 is 34.1 Å². The molecule has 3 heterocycles. The van der Waals surface area contributed by atoms with Crippen molar-refractivity contribution in [1.29, 1.82) is 0 Å². The van der Waals surface area contributed by atoms with Crippen LogP contribution in [0.15, 0.2) is 113 Å². The summed E-state index contributed by atoms with van der Waals surface area (Å²) in [6, 6.07) is 27.7. The minimum Gasteiger partial charge on any atom is -0.478 e. The SMILES string of the molecule is O=C(CCCCCOc1cc(-c2ccc3c(c2)OCO3)cc(-c2ccccc2)n1)NC(NC(=O)c1ccc(N/N=C/c2ccccc2S(=O)(=O)O)nc1)C(=O)O. The number of anilines is 1. The first kappa shape index (κ1) is 38.9. The summed E-state index contributed by atoms with van der Waals surface area (Å²) >= 11 is 0. The molecule has 1 atom stereocenters. The Morgan fingerprint density at radius 2 is 1.64 bits per heavy atom. The summed E-state index contributed by atoms with van der Waals surface area (Å²) in [6.45, 7) is 0.505. The van der Waals surface area contributed by atoms with Gasteiger partial charge in [0.1, 0.15) is 10.7 Å². The molecule has 0 radical (unpaired) electrons. The van der Waals surface area contributed by atoms with Crippen LogP contribution in [0.25, 0.3) is 22.4 Å². The number of hydrogen-bond donors (Lipinski definition) is 5. The number of benzene rings is 3. The molecular formula is C39H36N6O10S. The van der Waals surface area contributed by atoms with Crippen LogP contribution >= 0.6 is 0 Å². The Bertz CT molecular complexity index is 2340. The fraction of sp³-hybridized carbons (Fsp3) is 0.179. The Kier molecular flexibility index (Phi) is 12.5. The standard InChI is InChI=1S/C39H36N6O10S/c46-35(43-37(39(48)49)44-38(47)28-15-17-34(40-22-28)45-41-23-27-11-6-7-12-33(27)56(50,51)52)13-5-2-8-18-53-36-21-29(19-30(42-36)25-9-3-1-4-10-25)26-14-16-31-32(20-26)55-24-54-31/h1,3-4,6-7,9-12,14-17,19-23,37H,2,5,8,13,18,24H2,(H,40,45)(H,43,46)(H,44,47)(H,48,49)(H,50,51,52)/b41-23+. The summed E-state index contributed by atoms with van der Waals surface area (Å²) in [6.07, 6.45) is 2.31. The van der Waals surface area contributed by atoms with E-state index in [1.165, 1.54) is 36.5 Å². The van der Waals surface area contributed by atoms with E-state index in [9.17, 15) is 32.5 Å². The molecule has 5 aromatic rings. The Labute approximate surface area is 321 Å². The number of aliphatic carboxylic acids is 1. The summed E-state index contributed by atoms with van der Waals surface area (Å²) in [5, 5.41) is 18.1. The predicted octanol–water partition coefficient (Wildman–Crippen LogP) is 5.13. The van der Waals surface area contributed by atoms with Crippen molar-refractivity contribution < 1.29 is 46.7 Å². The molecule has 0 aliphatic carbocycles. The molecule has 16 nitrogen and oxygen atoms in total. The molecule has 5 N–H and O–H groups in total. The maximum atomic E-state index is 12.8. The van der Waals surface area contributed by atoms with Crippen molar-refractivity contribution in [2.45, 2.75) is 36.7 Å². The van der Waals surface area contributed by atoms with Gasteiger partial charge in [0.05, 0.1) is 24.1 Å². The van der Waals surface area contributed by atoms with Crippen molar-refractivity contribution in [3.8, 4) is 39.8 Å². The summed E-state index contributed by atoms with van der Waals surface area (Å²) in [5.41, 5.74) is 6.17. The lowest BCUT2D eigenvalue weighted by Gasteiger charge is -2.16. The van der Waals surface area contributed by atoms with Gasteiger partial charge < -0.3 is 30.0 Å². The van der Waals surface area contributed by atoms with E-state index in [2.05, 4.69) is 26.1 Å². The Morgan fingerprint density at radius 3 is 2.41 bits per heavy atom. The number of amides is 2. The number of carbonyl (C=O) groups is 3. The minimum atomic E-state index is -4.46. The van der Waals surface area contributed by atoms with Gasteiger partial charge in [-0.15, -0.1) is 0 Å². The highest BCUT2D eigenvalue weighted by Crippen LogP contribution is 2.37. The maximum absolute atomic E-state index is 12.8. The molecular weight excluding hydrogens is 745 g/mol. The number of pyridine rings is 2. The number of nitrogens with zero attached hydrogens (tertiary/aromatic N) is 3. The molecule has 1 aliphatic heterocycles. The second-order valence-corrected chi connectivity index (χ2v) is 13.7. The number of unbranched alkanes of at least 4 members (excludes halogenated alkanes) is 2. The van der Waals surface area contributed by atoms with E-state index in [0.717, 1.165) is 28.6 Å². The molecule has 6 rings (SSSR count). The number of carboxylic acids is 1. The molecule has 0 saturated carbocycles. The number of carbonyl (C=O) groups excluding carboxylic acids is 2. The first-order valence-corrected chi connectivity index (χ1v) is 18.7.